The van der Waals surface area contributed by atoms with Crippen LogP contribution in [-0.4, -0.2) is 61.7 Å². The molecule has 1 amide bonds. The van der Waals surface area contributed by atoms with Crippen LogP contribution in [0.15, 0.2) is 24.3 Å². The van der Waals surface area contributed by atoms with Gasteiger partial charge in [0.05, 0.1) is 17.4 Å². The number of methoxy groups -OCH3 is 1. The van der Waals surface area contributed by atoms with Crippen LogP contribution in [0.5, 0.6) is 0 Å². The van der Waals surface area contributed by atoms with Gasteiger partial charge in [-0.15, -0.1) is 12.4 Å². The smallest absolute Gasteiger partial charge is 0.292 e. The first kappa shape index (κ1) is 20.1. The summed E-state index contributed by atoms with van der Waals surface area (Å²) in [5.41, 5.74) is 6.23. The highest BCUT2D eigenvalue weighted by Crippen LogP contribution is 2.28. The Kier molecular flexibility index (Phi) is 7.90. The van der Waals surface area contributed by atoms with E-state index in [0.717, 1.165) is 0 Å². The number of para-hydroxylation sites is 2. The second-order valence-electron chi connectivity index (χ2n) is 5.41. The molecule has 134 valence electrons. The summed E-state index contributed by atoms with van der Waals surface area (Å²) in [5.74, 6) is 0.00418. The van der Waals surface area contributed by atoms with Crippen molar-refractivity contribution in [2.45, 2.75) is 12.5 Å². The number of hydrogen-bond acceptors (Lipinski definition) is 6. The first-order valence-corrected chi connectivity index (χ1v) is 7.55. The van der Waals surface area contributed by atoms with Crippen molar-refractivity contribution in [3.8, 4) is 0 Å². The molecule has 1 atom stereocenters. The Balaban J connectivity index is 0.00000288. The standard InChI is InChI=1S/C15H22N4O4.ClH/c1-23-12(11-16)10-15(20)18-8-6-17(7-9-18)13-4-2-3-5-14(13)19(21)22;/h2-5,12H,6-11,16H2,1H3;1H. The normalized spacial score (nSPS) is 15.6. The predicted molar refractivity (Wildman–Crippen MR) is 93.6 cm³/mol. The van der Waals surface area contributed by atoms with Crippen LogP contribution in [0.2, 0.25) is 0 Å². The second kappa shape index (κ2) is 9.41. The lowest BCUT2D eigenvalue weighted by molar-refractivity contribution is -0.384. The number of benzene rings is 1. The van der Waals surface area contributed by atoms with Gasteiger partial charge in [-0.25, -0.2) is 0 Å². The zero-order chi connectivity index (χ0) is 16.8. The molecule has 1 aliphatic heterocycles. The second-order valence-corrected chi connectivity index (χ2v) is 5.41. The number of amides is 1. The molecule has 1 heterocycles. The maximum absolute atomic E-state index is 12.2. The maximum atomic E-state index is 12.2. The van der Waals surface area contributed by atoms with Crippen molar-refractivity contribution in [3.05, 3.63) is 34.4 Å². The number of nitro benzene ring substituents is 1. The molecule has 8 nitrogen and oxygen atoms in total. The largest absolute Gasteiger partial charge is 0.380 e. The van der Waals surface area contributed by atoms with Crippen LogP contribution >= 0.6 is 12.4 Å². The fourth-order valence-corrected chi connectivity index (χ4v) is 2.67. The number of hydrogen-bond donors (Lipinski definition) is 1. The molecule has 1 saturated heterocycles. The fourth-order valence-electron chi connectivity index (χ4n) is 2.67. The Labute approximate surface area is 147 Å². The lowest BCUT2D eigenvalue weighted by atomic mass is 10.2. The fraction of sp³-hybridized carbons (Fsp3) is 0.533. The Morgan fingerprint density at radius 1 is 1.33 bits per heavy atom. The number of carbonyl (C=O) groups excluding carboxylic acids is 1. The predicted octanol–water partition coefficient (Wildman–Crippen LogP) is 1.03. The number of piperazine rings is 1. The van der Waals surface area contributed by atoms with Gasteiger partial charge < -0.3 is 20.3 Å². The molecule has 0 spiro atoms. The van der Waals surface area contributed by atoms with E-state index in [2.05, 4.69) is 0 Å². The number of anilines is 1. The van der Waals surface area contributed by atoms with Crippen molar-refractivity contribution in [1.82, 2.24) is 4.90 Å². The Morgan fingerprint density at radius 2 is 1.96 bits per heavy atom. The number of carbonyl (C=O) groups is 1. The average Bonchev–Trinajstić information content (AvgIpc) is 2.59. The van der Waals surface area contributed by atoms with Crippen molar-refractivity contribution in [1.29, 1.82) is 0 Å². The van der Waals surface area contributed by atoms with E-state index in [9.17, 15) is 14.9 Å². The summed E-state index contributed by atoms with van der Waals surface area (Å²) in [4.78, 5) is 26.6. The van der Waals surface area contributed by atoms with Crippen molar-refractivity contribution in [2.24, 2.45) is 5.73 Å². The van der Waals surface area contributed by atoms with Crippen LogP contribution in [-0.2, 0) is 9.53 Å². The van der Waals surface area contributed by atoms with Crippen molar-refractivity contribution in [3.63, 3.8) is 0 Å². The molecule has 0 saturated carbocycles. The molecule has 0 bridgehead atoms. The number of halogens is 1. The third-order valence-electron chi connectivity index (χ3n) is 4.05. The molecule has 9 heteroatoms. The van der Waals surface area contributed by atoms with E-state index in [1.807, 2.05) is 4.90 Å². The minimum atomic E-state index is -0.378. The number of nitro groups is 1. The molecular weight excluding hydrogens is 336 g/mol. The van der Waals surface area contributed by atoms with Crippen molar-refractivity contribution in [2.75, 3.05) is 44.7 Å². The minimum absolute atomic E-state index is 0. The molecule has 2 N–H and O–H groups in total. The summed E-state index contributed by atoms with van der Waals surface area (Å²) in [5, 5.41) is 11.1. The highest BCUT2D eigenvalue weighted by atomic mass is 35.5. The molecule has 0 aromatic heterocycles. The van der Waals surface area contributed by atoms with Gasteiger partial charge in [0.25, 0.3) is 5.69 Å². The van der Waals surface area contributed by atoms with Gasteiger partial charge in [0.15, 0.2) is 0 Å². The van der Waals surface area contributed by atoms with Gasteiger partial charge >= 0.3 is 0 Å². The SMILES string of the molecule is COC(CN)CC(=O)N1CCN(c2ccccc2[N+](=O)[O-])CC1.Cl. The quantitative estimate of drug-likeness (QED) is 0.602. The van der Waals surface area contributed by atoms with Gasteiger partial charge in [0, 0.05) is 45.9 Å². The zero-order valence-corrected chi connectivity index (χ0v) is 14.4. The van der Waals surface area contributed by atoms with Gasteiger partial charge in [-0.05, 0) is 6.07 Å². The molecule has 1 aromatic rings. The van der Waals surface area contributed by atoms with Crippen molar-refractivity contribution < 1.29 is 14.5 Å². The van der Waals surface area contributed by atoms with Gasteiger partial charge in [-0.1, -0.05) is 12.1 Å². The van der Waals surface area contributed by atoms with E-state index < -0.39 is 0 Å². The third kappa shape index (κ3) is 4.80. The van der Waals surface area contributed by atoms with Crippen LogP contribution < -0.4 is 10.6 Å². The summed E-state index contributed by atoms with van der Waals surface area (Å²) in [7, 11) is 1.54. The van der Waals surface area contributed by atoms with Crippen LogP contribution in [0, 0.1) is 10.1 Å². The first-order valence-electron chi connectivity index (χ1n) is 7.55. The monoisotopic (exact) mass is 358 g/mol. The highest BCUT2D eigenvalue weighted by Gasteiger charge is 2.26. The number of nitrogens with two attached hydrogens (primary N) is 1. The number of ether oxygens (including phenoxy) is 1. The van der Waals surface area contributed by atoms with E-state index >= 15 is 0 Å². The van der Waals surface area contributed by atoms with E-state index in [4.69, 9.17) is 10.5 Å². The summed E-state index contributed by atoms with van der Waals surface area (Å²) in [6, 6.07) is 6.67. The first-order chi connectivity index (χ1) is 11.1. The molecule has 1 fully saturated rings. The summed E-state index contributed by atoms with van der Waals surface area (Å²) < 4.78 is 5.14. The highest BCUT2D eigenvalue weighted by molar-refractivity contribution is 5.85. The van der Waals surface area contributed by atoms with Gasteiger partial charge in [0.1, 0.15) is 5.69 Å². The molecule has 1 aromatic carbocycles. The van der Waals surface area contributed by atoms with E-state index in [-0.39, 0.29) is 41.4 Å². The van der Waals surface area contributed by atoms with E-state index in [1.165, 1.54) is 13.2 Å². The molecular formula is C15H23ClN4O4. The van der Waals surface area contributed by atoms with E-state index in [0.29, 0.717) is 38.4 Å². The molecule has 24 heavy (non-hydrogen) atoms. The minimum Gasteiger partial charge on any atom is -0.380 e. The molecule has 1 aliphatic rings. The Hall–Kier alpha value is -1.90. The Morgan fingerprint density at radius 3 is 2.50 bits per heavy atom. The van der Waals surface area contributed by atoms with Crippen LogP contribution in [0.4, 0.5) is 11.4 Å². The Bertz CT molecular complexity index is 560. The van der Waals surface area contributed by atoms with Crippen LogP contribution in [0.25, 0.3) is 0 Å². The van der Waals surface area contributed by atoms with E-state index in [1.54, 1.807) is 23.1 Å². The zero-order valence-electron chi connectivity index (χ0n) is 13.6. The summed E-state index contributed by atoms with van der Waals surface area (Å²) >= 11 is 0. The number of nitrogens with zero attached hydrogens (tertiary/aromatic N) is 3. The molecule has 1 unspecified atom stereocenters. The van der Waals surface area contributed by atoms with Crippen molar-refractivity contribution >= 4 is 29.7 Å². The topological polar surface area (TPSA) is 102 Å². The average molecular weight is 359 g/mol. The van der Waals surface area contributed by atoms with Crippen LogP contribution in [0.3, 0.4) is 0 Å². The maximum Gasteiger partial charge on any atom is 0.292 e. The van der Waals surface area contributed by atoms with Crippen LogP contribution in [0.1, 0.15) is 6.42 Å². The lowest BCUT2D eigenvalue weighted by Crippen LogP contribution is -2.49. The molecule has 0 aliphatic carbocycles. The lowest BCUT2D eigenvalue weighted by Gasteiger charge is -2.36. The summed E-state index contributed by atoms with van der Waals surface area (Å²) in [6.07, 6.45) is -0.00545. The molecule has 2 rings (SSSR count). The third-order valence-corrected chi connectivity index (χ3v) is 4.05. The number of rotatable bonds is 6. The van der Waals surface area contributed by atoms with Gasteiger partial charge in [-0.3, -0.25) is 14.9 Å². The van der Waals surface area contributed by atoms with Gasteiger partial charge in [0.2, 0.25) is 5.91 Å². The van der Waals surface area contributed by atoms with Gasteiger partial charge in [-0.2, -0.15) is 0 Å². The molecule has 0 radical (unpaired) electrons. The summed E-state index contributed by atoms with van der Waals surface area (Å²) in [6.45, 7) is 2.50.